The van der Waals surface area contributed by atoms with Gasteiger partial charge in [0.1, 0.15) is 5.00 Å². The van der Waals surface area contributed by atoms with Crippen LogP contribution in [0.3, 0.4) is 0 Å². The second-order valence-electron chi connectivity index (χ2n) is 3.01. The van der Waals surface area contributed by atoms with Gasteiger partial charge in [-0.1, -0.05) is 11.3 Å². The minimum Gasteiger partial charge on any atom is -0.389 e. The summed E-state index contributed by atoms with van der Waals surface area (Å²) in [5, 5.41) is 4.21. The number of thiazole rings is 1. The van der Waals surface area contributed by atoms with Crippen LogP contribution in [0.5, 0.6) is 0 Å². The van der Waals surface area contributed by atoms with Crippen LogP contribution in [0.1, 0.15) is 13.8 Å². The van der Waals surface area contributed by atoms with Crippen molar-refractivity contribution in [3.8, 4) is 0 Å². The van der Waals surface area contributed by atoms with Crippen LogP contribution in [0, 0.1) is 0 Å². The number of hydrogen-bond donors (Lipinski definition) is 2. The normalized spacial score (nSPS) is 10.0. The second kappa shape index (κ2) is 5.55. The SMILES string of the molecule is CCNC(=O)CN(CC)c1ncc(N)s1. The summed E-state index contributed by atoms with van der Waals surface area (Å²) in [5.41, 5.74) is 5.59. The monoisotopic (exact) mass is 228 g/mol. The Morgan fingerprint density at radius 2 is 2.40 bits per heavy atom. The number of hydrogen-bond acceptors (Lipinski definition) is 5. The largest absolute Gasteiger partial charge is 0.389 e. The van der Waals surface area contributed by atoms with Crippen LogP contribution in [-0.4, -0.2) is 30.5 Å². The second-order valence-corrected chi connectivity index (χ2v) is 4.05. The van der Waals surface area contributed by atoms with E-state index in [1.54, 1.807) is 6.20 Å². The molecule has 0 saturated carbocycles. The molecule has 0 unspecified atom stereocenters. The summed E-state index contributed by atoms with van der Waals surface area (Å²) < 4.78 is 0. The Morgan fingerprint density at radius 1 is 1.67 bits per heavy atom. The summed E-state index contributed by atoms with van der Waals surface area (Å²) in [7, 11) is 0. The lowest BCUT2D eigenvalue weighted by Crippen LogP contribution is -2.37. The highest BCUT2D eigenvalue weighted by molar-refractivity contribution is 7.19. The Kier molecular flexibility index (Phi) is 4.36. The van der Waals surface area contributed by atoms with Crippen LogP contribution in [0.15, 0.2) is 6.20 Å². The number of nitrogens with zero attached hydrogens (tertiary/aromatic N) is 2. The third-order valence-corrected chi connectivity index (χ3v) is 2.76. The van der Waals surface area contributed by atoms with E-state index >= 15 is 0 Å². The molecule has 1 rings (SSSR count). The summed E-state index contributed by atoms with van der Waals surface area (Å²) in [6.07, 6.45) is 1.61. The molecular weight excluding hydrogens is 212 g/mol. The molecule has 6 heteroatoms. The molecule has 0 aliphatic rings. The minimum absolute atomic E-state index is 0.00752. The molecule has 1 aromatic rings. The van der Waals surface area contributed by atoms with Crippen LogP contribution in [-0.2, 0) is 4.79 Å². The zero-order chi connectivity index (χ0) is 11.3. The summed E-state index contributed by atoms with van der Waals surface area (Å²) in [5.74, 6) is 0.00752. The Morgan fingerprint density at radius 3 is 2.87 bits per heavy atom. The molecular formula is C9H16N4OS. The van der Waals surface area contributed by atoms with E-state index in [-0.39, 0.29) is 5.91 Å². The maximum absolute atomic E-state index is 11.4. The van der Waals surface area contributed by atoms with Gasteiger partial charge in [0, 0.05) is 13.1 Å². The molecule has 1 aromatic heterocycles. The average molecular weight is 228 g/mol. The first kappa shape index (κ1) is 11.8. The van der Waals surface area contributed by atoms with Crippen molar-refractivity contribution in [3.63, 3.8) is 0 Å². The maximum atomic E-state index is 11.4. The molecule has 0 saturated heterocycles. The van der Waals surface area contributed by atoms with Gasteiger partial charge in [0.15, 0.2) is 5.13 Å². The number of carbonyl (C=O) groups excluding carboxylic acids is 1. The topological polar surface area (TPSA) is 71.2 Å². The fraction of sp³-hybridized carbons (Fsp3) is 0.556. The lowest BCUT2D eigenvalue weighted by atomic mass is 10.5. The molecule has 3 N–H and O–H groups in total. The lowest BCUT2D eigenvalue weighted by molar-refractivity contribution is -0.119. The molecule has 0 atom stereocenters. The number of amides is 1. The first-order chi connectivity index (χ1) is 7.17. The molecule has 1 heterocycles. The van der Waals surface area contributed by atoms with E-state index in [2.05, 4.69) is 10.3 Å². The van der Waals surface area contributed by atoms with Crippen molar-refractivity contribution >= 4 is 27.4 Å². The standard InChI is InChI=1S/C9H16N4OS/c1-3-11-8(14)6-13(4-2)9-12-5-7(10)15-9/h5H,3-4,6,10H2,1-2H3,(H,11,14). The summed E-state index contributed by atoms with van der Waals surface area (Å²) in [6.45, 7) is 5.60. The van der Waals surface area contributed by atoms with Gasteiger partial charge in [-0.3, -0.25) is 4.79 Å². The Bertz CT molecular complexity index is 326. The van der Waals surface area contributed by atoms with Crippen molar-refractivity contribution in [2.24, 2.45) is 0 Å². The number of rotatable bonds is 5. The van der Waals surface area contributed by atoms with E-state index in [0.29, 0.717) is 18.1 Å². The van der Waals surface area contributed by atoms with E-state index in [0.717, 1.165) is 11.7 Å². The fourth-order valence-corrected chi connectivity index (χ4v) is 1.91. The Hall–Kier alpha value is -1.30. The fourth-order valence-electron chi connectivity index (χ4n) is 1.16. The zero-order valence-electron chi connectivity index (χ0n) is 8.99. The molecule has 0 radical (unpaired) electrons. The summed E-state index contributed by atoms with van der Waals surface area (Å²) in [6, 6.07) is 0. The highest BCUT2D eigenvalue weighted by Crippen LogP contribution is 2.23. The number of nitrogens with one attached hydrogen (secondary N) is 1. The molecule has 0 aliphatic heterocycles. The Labute approximate surface area is 93.3 Å². The first-order valence-corrected chi connectivity index (χ1v) is 5.72. The summed E-state index contributed by atoms with van der Waals surface area (Å²) in [4.78, 5) is 17.4. The van der Waals surface area contributed by atoms with E-state index in [1.807, 2.05) is 18.7 Å². The molecule has 15 heavy (non-hydrogen) atoms. The van der Waals surface area contributed by atoms with E-state index in [4.69, 9.17) is 5.73 Å². The molecule has 0 aliphatic carbocycles. The smallest absolute Gasteiger partial charge is 0.239 e. The van der Waals surface area contributed by atoms with E-state index in [1.165, 1.54) is 11.3 Å². The van der Waals surface area contributed by atoms with Crippen LogP contribution in [0.4, 0.5) is 10.1 Å². The van der Waals surface area contributed by atoms with Gasteiger partial charge in [-0.05, 0) is 13.8 Å². The first-order valence-electron chi connectivity index (χ1n) is 4.90. The highest BCUT2D eigenvalue weighted by Gasteiger charge is 2.12. The summed E-state index contributed by atoms with van der Waals surface area (Å²) >= 11 is 1.39. The van der Waals surface area contributed by atoms with Gasteiger partial charge in [0.2, 0.25) is 5.91 Å². The molecule has 0 bridgehead atoms. The van der Waals surface area contributed by atoms with Crippen molar-refractivity contribution in [2.75, 3.05) is 30.3 Å². The van der Waals surface area contributed by atoms with Crippen LogP contribution < -0.4 is 16.0 Å². The number of nitrogen functional groups attached to an aromatic ring is 1. The molecule has 5 nitrogen and oxygen atoms in total. The molecule has 1 amide bonds. The number of carbonyl (C=O) groups is 1. The predicted molar refractivity (Wildman–Crippen MR) is 63.1 cm³/mol. The van der Waals surface area contributed by atoms with Gasteiger partial charge in [-0.25, -0.2) is 4.98 Å². The number of nitrogens with two attached hydrogens (primary N) is 1. The van der Waals surface area contributed by atoms with Crippen molar-refractivity contribution in [3.05, 3.63) is 6.20 Å². The minimum atomic E-state index is 0.00752. The lowest BCUT2D eigenvalue weighted by Gasteiger charge is -2.18. The van der Waals surface area contributed by atoms with Gasteiger partial charge in [0.25, 0.3) is 0 Å². The van der Waals surface area contributed by atoms with Crippen LogP contribution in [0.2, 0.25) is 0 Å². The van der Waals surface area contributed by atoms with Crippen molar-refractivity contribution in [1.82, 2.24) is 10.3 Å². The van der Waals surface area contributed by atoms with Crippen LogP contribution in [0.25, 0.3) is 0 Å². The maximum Gasteiger partial charge on any atom is 0.239 e. The zero-order valence-corrected chi connectivity index (χ0v) is 9.80. The van der Waals surface area contributed by atoms with Gasteiger partial charge in [-0.2, -0.15) is 0 Å². The van der Waals surface area contributed by atoms with E-state index in [9.17, 15) is 4.79 Å². The predicted octanol–water partition coefficient (Wildman–Crippen LogP) is 0.688. The molecule has 0 spiro atoms. The van der Waals surface area contributed by atoms with Crippen molar-refractivity contribution in [2.45, 2.75) is 13.8 Å². The number of anilines is 2. The van der Waals surface area contributed by atoms with Gasteiger partial charge >= 0.3 is 0 Å². The molecule has 84 valence electrons. The third kappa shape index (κ3) is 3.39. The Balaban J connectivity index is 2.60. The van der Waals surface area contributed by atoms with Gasteiger partial charge < -0.3 is 16.0 Å². The van der Waals surface area contributed by atoms with Crippen LogP contribution >= 0.6 is 11.3 Å². The quantitative estimate of drug-likeness (QED) is 0.777. The van der Waals surface area contributed by atoms with Gasteiger partial charge in [0.05, 0.1) is 12.7 Å². The molecule has 0 fully saturated rings. The third-order valence-electron chi connectivity index (χ3n) is 1.87. The molecule has 0 aromatic carbocycles. The number of likely N-dealkylation sites (N-methyl/N-ethyl adjacent to an activating group) is 2. The highest BCUT2D eigenvalue weighted by atomic mass is 32.1. The van der Waals surface area contributed by atoms with Crippen molar-refractivity contribution < 1.29 is 4.79 Å². The average Bonchev–Trinajstić information content (AvgIpc) is 2.61. The van der Waals surface area contributed by atoms with Gasteiger partial charge in [-0.15, -0.1) is 0 Å². The number of aromatic nitrogens is 1. The van der Waals surface area contributed by atoms with Crippen molar-refractivity contribution in [1.29, 1.82) is 0 Å². The van der Waals surface area contributed by atoms with E-state index < -0.39 is 0 Å².